The van der Waals surface area contributed by atoms with Gasteiger partial charge in [0.2, 0.25) is 0 Å². The number of hydrogen-bond donors (Lipinski definition) is 1. The third-order valence-electron chi connectivity index (χ3n) is 4.92. The molecule has 2 aromatic heterocycles. The van der Waals surface area contributed by atoms with Gasteiger partial charge >= 0.3 is 0 Å². The number of carbonyl (C=O) groups excluding carboxylic acids is 2. The molecule has 0 bridgehead atoms. The van der Waals surface area contributed by atoms with Gasteiger partial charge in [-0.3, -0.25) is 19.5 Å². The molecule has 6 nitrogen and oxygen atoms in total. The van der Waals surface area contributed by atoms with Crippen LogP contribution in [0.5, 0.6) is 0 Å². The van der Waals surface area contributed by atoms with Gasteiger partial charge in [0.25, 0.3) is 11.8 Å². The smallest absolute Gasteiger partial charge is 0.279 e. The van der Waals surface area contributed by atoms with Gasteiger partial charge in [-0.25, -0.2) is 9.37 Å². The third-order valence-corrected chi connectivity index (χ3v) is 5.84. The van der Waals surface area contributed by atoms with Gasteiger partial charge in [0.15, 0.2) is 6.04 Å². The van der Waals surface area contributed by atoms with Crippen LogP contribution in [0.15, 0.2) is 78.6 Å². The highest BCUT2D eigenvalue weighted by atomic mass is 32.1. The number of rotatable bonds is 6. The van der Waals surface area contributed by atoms with Crippen molar-refractivity contribution in [3.63, 3.8) is 0 Å². The molecule has 2 amide bonds. The lowest BCUT2D eigenvalue weighted by Gasteiger charge is -2.31. The summed E-state index contributed by atoms with van der Waals surface area (Å²) in [6.45, 7) is 3.86. The number of halogens is 1. The predicted octanol–water partition coefficient (Wildman–Crippen LogP) is 5.32. The van der Waals surface area contributed by atoms with Crippen molar-refractivity contribution < 1.29 is 14.0 Å². The Kier molecular flexibility index (Phi) is 6.55. The fourth-order valence-corrected chi connectivity index (χ4v) is 4.38. The zero-order chi connectivity index (χ0) is 23.4. The summed E-state index contributed by atoms with van der Waals surface area (Å²) in [5.41, 5.74) is 3.01. The number of aromatic nitrogens is 2. The number of nitrogens with zero attached hydrogens (tertiary/aromatic N) is 3. The molecule has 0 fully saturated rings. The maximum Gasteiger partial charge on any atom is 0.279 e. The van der Waals surface area contributed by atoms with E-state index >= 15 is 0 Å². The van der Waals surface area contributed by atoms with Crippen molar-refractivity contribution in [2.24, 2.45) is 0 Å². The van der Waals surface area contributed by atoms with E-state index in [-0.39, 0.29) is 5.69 Å². The molecule has 0 unspecified atom stereocenters. The lowest BCUT2D eigenvalue weighted by Crippen LogP contribution is -2.41. The molecule has 4 aromatic rings. The second-order valence-corrected chi connectivity index (χ2v) is 8.51. The van der Waals surface area contributed by atoms with Crippen molar-refractivity contribution in [3.8, 4) is 0 Å². The maximum absolute atomic E-state index is 13.7. The molecule has 0 aliphatic rings. The van der Waals surface area contributed by atoms with E-state index in [0.717, 1.165) is 11.1 Å². The fraction of sp³-hybridized carbons (Fsp3) is 0.120. The van der Waals surface area contributed by atoms with Gasteiger partial charge < -0.3 is 5.32 Å². The van der Waals surface area contributed by atoms with Crippen molar-refractivity contribution in [2.75, 3.05) is 10.2 Å². The lowest BCUT2D eigenvalue weighted by atomic mass is 10.1. The molecule has 33 heavy (non-hydrogen) atoms. The summed E-state index contributed by atoms with van der Waals surface area (Å²) in [6, 6.07) is 13.8. The van der Waals surface area contributed by atoms with Crippen LogP contribution >= 0.6 is 11.3 Å². The number of benzene rings is 2. The number of nitrogens with one attached hydrogen (secondary N) is 1. The van der Waals surface area contributed by atoms with Gasteiger partial charge in [-0.15, -0.1) is 11.3 Å². The first kappa shape index (κ1) is 22.3. The maximum atomic E-state index is 13.7. The van der Waals surface area contributed by atoms with Gasteiger partial charge in [0.05, 0.1) is 6.20 Å². The topological polar surface area (TPSA) is 75.2 Å². The zero-order valence-corrected chi connectivity index (χ0v) is 18.8. The van der Waals surface area contributed by atoms with Crippen molar-refractivity contribution >= 4 is 34.5 Å². The summed E-state index contributed by atoms with van der Waals surface area (Å²) in [5.74, 6) is -1.29. The van der Waals surface area contributed by atoms with Crippen LogP contribution in [0, 0.1) is 19.7 Å². The molecule has 166 valence electrons. The minimum Gasteiger partial charge on any atom is -0.324 e. The second-order valence-electron chi connectivity index (χ2n) is 7.53. The van der Waals surface area contributed by atoms with Crippen molar-refractivity contribution in [1.82, 2.24) is 9.97 Å². The van der Waals surface area contributed by atoms with E-state index in [0.29, 0.717) is 16.3 Å². The van der Waals surface area contributed by atoms with E-state index in [4.69, 9.17) is 0 Å². The molecule has 2 heterocycles. The van der Waals surface area contributed by atoms with Crippen LogP contribution < -0.4 is 10.2 Å². The Hall–Kier alpha value is -3.91. The van der Waals surface area contributed by atoms with Crippen LogP contribution in [0.4, 0.5) is 15.8 Å². The van der Waals surface area contributed by atoms with Crippen molar-refractivity contribution in [3.05, 3.63) is 106 Å². The number of carbonyl (C=O) groups is 2. The Morgan fingerprint density at radius 2 is 1.76 bits per heavy atom. The van der Waals surface area contributed by atoms with E-state index in [9.17, 15) is 14.0 Å². The van der Waals surface area contributed by atoms with E-state index < -0.39 is 23.7 Å². The van der Waals surface area contributed by atoms with Crippen LogP contribution in [0.25, 0.3) is 0 Å². The highest BCUT2D eigenvalue weighted by Gasteiger charge is 2.35. The van der Waals surface area contributed by atoms with Crippen LogP contribution in [0.1, 0.15) is 32.5 Å². The SMILES string of the molecule is Cc1cc(C)cc(N(C(=O)c2cnccn2)[C@@H](C(=O)Nc2ccc(F)cc2)c2cccs2)c1. The van der Waals surface area contributed by atoms with Crippen molar-refractivity contribution in [1.29, 1.82) is 0 Å². The highest BCUT2D eigenvalue weighted by molar-refractivity contribution is 7.10. The summed E-state index contributed by atoms with van der Waals surface area (Å²) < 4.78 is 13.3. The van der Waals surface area contributed by atoms with Crippen LogP contribution in [0.3, 0.4) is 0 Å². The molecular formula is C25H21FN4O2S. The normalized spacial score (nSPS) is 11.6. The largest absolute Gasteiger partial charge is 0.324 e. The molecular weight excluding hydrogens is 439 g/mol. The summed E-state index contributed by atoms with van der Waals surface area (Å²) >= 11 is 1.37. The summed E-state index contributed by atoms with van der Waals surface area (Å²) in [5, 5.41) is 4.66. The highest BCUT2D eigenvalue weighted by Crippen LogP contribution is 2.33. The van der Waals surface area contributed by atoms with Crippen LogP contribution in [0.2, 0.25) is 0 Å². The average Bonchev–Trinajstić information content (AvgIpc) is 3.32. The number of amides is 2. The first-order chi connectivity index (χ1) is 15.9. The Balaban J connectivity index is 1.83. The Bertz CT molecular complexity index is 1240. The zero-order valence-electron chi connectivity index (χ0n) is 18.0. The lowest BCUT2D eigenvalue weighted by molar-refractivity contribution is -0.117. The molecule has 0 aliphatic carbocycles. The van der Waals surface area contributed by atoms with E-state index in [1.165, 1.54) is 59.1 Å². The Labute approximate surface area is 194 Å². The number of thiophene rings is 1. The molecule has 2 aromatic carbocycles. The molecule has 4 rings (SSSR count). The minimum atomic E-state index is -0.981. The summed E-state index contributed by atoms with van der Waals surface area (Å²) in [4.78, 5) is 37.6. The van der Waals surface area contributed by atoms with E-state index in [1.54, 1.807) is 6.07 Å². The number of anilines is 2. The van der Waals surface area contributed by atoms with Crippen LogP contribution in [-0.4, -0.2) is 21.8 Å². The van der Waals surface area contributed by atoms with E-state index in [1.807, 2.05) is 43.5 Å². The molecule has 0 aliphatic heterocycles. The first-order valence-corrected chi connectivity index (χ1v) is 11.1. The molecule has 0 radical (unpaired) electrons. The molecule has 8 heteroatoms. The molecule has 1 atom stereocenters. The summed E-state index contributed by atoms with van der Waals surface area (Å²) in [6.07, 6.45) is 4.29. The summed E-state index contributed by atoms with van der Waals surface area (Å²) in [7, 11) is 0. The first-order valence-electron chi connectivity index (χ1n) is 10.2. The number of aryl methyl sites for hydroxylation is 2. The van der Waals surface area contributed by atoms with Crippen LogP contribution in [-0.2, 0) is 4.79 Å². The Morgan fingerprint density at radius 3 is 2.36 bits per heavy atom. The second kappa shape index (κ2) is 9.70. The van der Waals surface area contributed by atoms with Gasteiger partial charge in [-0.1, -0.05) is 12.1 Å². The molecule has 0 saturated carbocycles. The van der Waals surface area contributed by atoms with Gasteiger partial charge in [0.1, 0.15) is 11.5 Å². The monoisotopic (exact) mass is 460 g/mol. The predicted molar refractivity (Wildman–Crippen MR) is 127 cm³/mol. The van der Waals surface area contributed by atoms with Gasteiger partial charge in [-0.2, -0.15) is 0 Å². The Morgan fingerprint density at radius 1 is 1.03 bits per heavy atom. The quantitative estimate of drug-likeness (QED) is 0.423. The fourth-order valence-electron chi connectivity index (χ4n) is 3.57. The molecule has 1 N–H and O–H groups in total. The standard InChI is InChI=1S/C25H21FN4O2S/c1-16-12-17(2)14-20(13-16)30(25(32)21-15-27-9-10-28-21)23(22-4-3-11-33-22)24(31)29-19-7-5-18(26)6-8-19/h3-15,23H,1-2H3,(H,29,31)/t23-/m1/s1. The van der Waals surface area contributed by atoms with Crippen molar-refractivity contribution in [2.45, 2.75) is 19.9 Å². The third kappa shape index (κ3) is 5.12. The van der Waals surface area contributed by atoms with Gasteiger partial charge in [0, 0.05) is 28.6 Å². The number of hydrogen-bond acceptors (Lipinski definition) is 5. The molecule has 0 saturated heterocycles. The average molecular weight is 461 g/mol. The van der Waals surface area contributed by atoms with E-state index in [2.05, 4.69) is 15.3 Å². The minimum absolute atomic E-state index is 0.118. The molecule has 0 spiro atoms. The van der Waals surface area contributed by atoms with Gasteiger partial charge in [-0.05, 0) is 72.8 Å².